The van der Waals surface area contributed by atoms with Gasteiger partial charge in [-0.15, -0.1) is 0 Å². The summed E-state index contributed by atoms with van der Waals surface area (Å²) >= 11 is 5.71. The monoisotopic (exact) mass is 216 g/mol. The third kappa shape index (κ3) is 4.10. The van der Waals surface area contributed by atoms with Crippen LogP contribution in [0.3, 0.4) is 0 Å². The van der Waals surface area contributed by atoms with E-state index in [1.54, 1.807) is 24.3 Å². The molecule has 0 amide bonds. The SMILES string of the molecule is CS(=O)(=O)/C=C/c1cccc(Cl)c1. The van der Waals surface area contributed by atoms with Crippen molar-refractivity contribution < 1.29 is 8.42 Å². The maximum atomic E-state index is 10.8. The molecule has 0 heterocycles. The number of hydrogen-bond acceptors (Lipinski definition) is 2. The van der Waals surface area contributed by atoms with Gasteiger partial charge >= 0.3 is 0 Å². The summed E-state index contributed by atoms with van der Waals surface area (Å²) in [5.41, 5.74) is 0.776. The first kappa shape index (κ1) is 10.3. The smallest absolute Gasteiger partial charge is 0.168 e. The lowest BCUT2D eigenvalue weighted by Gasteiger charge is -1.93. The van der Waals surface area contributed by atoms with Crippen molar-refractivity contribution in [3.63, 3.8) is 0 Å². The van der Waals surface area contributed by atoms with Crippen LogP contribution in [-0.4, -0.2) is 14.7 Å². The van der Waals surface area contributed by atoms with Crippen molar-refractivity contribution >= 4 is 27.5 Å². The molecule has 13 heavy (non-hydrogen) atoms. The van der Waals surface area contributed by atoms with Gasteiger partial charge < -0.3 is 0 Å². The molecule has 0 atom stereocenters. The van der Waals surface area contributed by atoms with Gasteiger partial charge in [0.2, 0.25) is 0 Å². The summed E-state index contributed by atoms with van der Waals surface area (Å²) in [5.74, 6) is 0. The molecule has 1 aromatic carbocycles. The molecule has 0 unspecified atom stereocenters. The molecule has 1 aromatic rings. The van der Waals surface area contributed by atoms with Crippen LogP contribution < -0.4 is 0 Å². The summed E-state index contributed by atoms with van der Waals surface area (Å²) in [6, 6.07) is 6.99. The molecule has 0 spiro atoms. The minimum Gasteiger partial charge on any atom is -0.225 e. The molecule has 0 aliphatic heterocycles. The Bertz CT molecular complexity index is 421. The van der Waals surface area contributed by atoms with Gasteiger partial charge in [0.25, 0.3) is 0 Å². The van der Waals surface area contributed by atoms with Crippen LogP contribution in [0.5, 0.6) is 0 Å². The molecule has 0 aliphatic rings. The van der Waals surface area contributed by atoms with E-state index in [2.05, 4.69) is 0 Å². The fourth-order valence-corrected chi connectivity index (χ4v) is 1.42. The molecular weight excluding hydrogens is 208 g/mol. The fourth-order valence-electron chi connectivity index (χ4n) is 0.812. The van der Waals surface area contributed by atoms with Crippen molar-refractivity contribution in [2.45, 2.75) is 0 Å². The van der Waals surface area contributed by atoms with Crippen molar-refractivity contribution in [1.29, 1.82) is 0 Å². The van der Waals surface area contributed by atoms with Crippen molar-refractivity contribution in [2.24, 2.45) is 0 Å². The molecular formula is C9H9ClO2S. The van der Waals surface area contributed by atoms with Crippen LogP contribution in [0.25, 0.3) is 6.08 Å². The third-order valence-corrected chi connectivity index (χ3v) is 2.22. The van der Waals surface area contributed by atoms with Crippen molar-refractivity contribution in [3.05, 3.63) is 40.3 Å². The summed E-state index contributed by atoms with van der Waals surface area (Å²) in [5, 5.41) is 1.74. The van der Waals surface area contributed by atoms with Gasteiger partial charge in [0, 0.05) is 16.7 Å². The van der Waals surface area contributed by atoms with Gasteiger partial charge in [0.15, 0.2) is 9.84 Å². The van der Waals surface area contributed by atoms with E-state index in [1.165, 1.54) is 6.08 Å². The number of rotatable bonds is 2. The fraction of sp³-hybridized carbons (Fsp3) is 0.111. The minimum atomic E-state index is -3.06. The zero-order chi connectivity index (χ0) is 9.90. The number of hydrogen-bond donors (Lipinski definition) is 0. The molecule has 1 rings (SSSR count). The molecule has 0 fully saturated rings. The van der Waals surface area contributed by atoms with E-state index in [1.807, 2.05) is 0 Å². The van der Waals surface area contributed by atoms with Crippen LogP contribution in [0.15, 0.2) is 29.7 Å². The van der Waals surface area contributed by atoms with Crippen molar-refractivity contribution in [1.82, 2.24) is 0 Å². The maximum Gasteiger partial charge on any atom is 0.168 e. The second-order valence-electron chi connectivity index (χ2n) is 2.69. The molecule has 0 radical (unpaired) electrons. The number of halogens is 1. The van der Waals surface area contributed by atoms with E-state index in [4.69, 9.17) is 11.6 Å². The maximum absolute atomic E-state index is 10.8. The predicted octanol–water partition coefficient (Wildman–Crippen LogP) is 2.36. The Balaban J connectivity index is 2.93. The first-order valence-corrected chi connectivity index (χ1v) is 5.94. The van der Waals surface area contributed by atoms with Crippen LogP contribution in [-0.2, 0) is 9.84 Å². The largest absolute Gasteiger partial charge is 0.225 e. The lowest BCUT2D eigenvalue weighted by molar-refractivity contribution is 0.610. The van der Waals surface area contributed by atoms with Crippen LogP contribution in [0.1, 0.15) is 5.56 Å². The molecule has 0 saturated heterocycles. The van der Waals surface area contributed by atoms with E-state index in [-0.39, 0.29) is 0 Å². The van der Waals surface area contributed by atoms with Gasteiger partial charge in [-0.25, -0.2) is 8.42 Å². The quantitative estimate of drug-likeness (QED) is 0.761. The molecule has 0 N–H and O–H groups in total. The first-order valence-electron chi connectivity index (χ1n) is 3.61. The van der Waals surface area contributed by atoms with Crippen LogP contribution in [0, 0.1) is 0 Å². The average Bonchev–Trinajstić information content (AvgIpc) is 2.00. The zero-order valence-electron chi connectivity index (χ0n) is 7.07. The van der Waals surface area contributed by atoms with Crippen molar-refractivity contribution in [3.8, 4) is 0 Å². The van der Waals surface area contributed by atoms with Gasteiger partial charge in [-0.1, -0.05) is 23.7 Å². The van der Waals surface area contributed by atoms with E-state index in [0.717, 1.165) is 17.2 Å². The number of benzene rings is 1. The summed E-state index contributed by atoms with van der Waals surface area (Å²) in [6.07, 6.45) is 2.66. The molecule has 0 aliphatic carbocycles. The van der Waals surface area contributed by atoms with Crippen LogP contribution in [0.2, 0.25) is 5.02 Å². The normalized spacial score (nSPS) is 12.2. The highest BCUT2D eigenvalue weighted by molar-refractivity contribution is 7.93. The molecule has 70 valence electrons. The predicted molar refractivity (Wildman–Crippen MR) is 55.3 cm³/mol. The zero-order valence-corrected chi connectivity index (χ0v) is 8.64. The van der Waals surface area contributed by atoms with Crippen molar-refractivity contribution in [2.75, 3.05) is 6.26 Å². The highest BCUT2D eigenvalue weighted by Gasteiger charge is 1.93. The van der Waals surface area contributed by atoms with E-state index >= 15 is 0 Å². The van der Waals surface area contributed by atoms with Gasteiger partial charge in [-0.05, 0) is 23.8 Å². The Morgan fingerprint density at radius 1 is 1.38 bits per heavy atom. The summed E-state index contributed by atoms with van der Waals surface area (Å²) < 4.78 is 21.5. The number of sulfone groups is 1. The Morgan fingerprint density at radius 3 is 2.62 bits per heavy atom. The lowest BCUT2D eigenvalue weighted by atomic mass is 10.2. The van der Waals surface area contributed by atoms with Crippen LogP contribution in [0.4, 0.5) is 0 Å². The standard InChI is InChI=1S/C9H9ClO2S/c1-13(11,12)6-5-8-3-2-4-9(10)7-8/h2-7H,1H3/b6-5+. The molecule has 4 heteroatoms. The molecule has 2 nitrogen and oxygen atoms in total. The third-order valence-electron chi connectivity index (χ3n) is 1.36. The minimum absolute atomic E-state index is 0.593. The van der Waals surface area contributed by atoms with E-state index in [0.29, 0.717) is 5.02 Å². The molecule has 0 bridgehead atoms. The summed E-state index contributed by atoms with van der Waals surface area (Å²) in [7, 11) is -3.06. The van der Waals surface area contributed by atoms with Gasteiger partial charge in [0.1, 0.15) is 0 Å². The summed E-state index contributed by atoms with van der Waals surface area (Å²) in [4.78, 5) is 0. The second kappa shape index (κ2) is 3.94. The topological polar surface area (TPSA) is 34.1 Å². The van der Waals surface area contributed by atoms with Gasteiger partial charge in [-0.3, -0.25) is 0 Å². The van der Waals surface area contributed by atoms with Gasteiger partial charge in [0.05, 0.1) is 0 Å². The first-order chi connectivity index (χ1) is 5.97. The Morgan fingerprint density at radius 2 is 2.08 bits per heavy atom. The highest BCUT2D eigenvalue weighted by atomic mass is 35.5. The molecule has 0 aromatic heterocycles. The van der Waals surface area contributed by atoms with E-state index in [9.17, 15) is 8.42 Å². The molecule has 0 saturated carbocycles. The Hall–Kier alpha value is -0.800. The Kier molecular flexibility index (Phi) is 3.12. The highest BCUT2D eigenvalue weighted by Crippen LogP contribution is 2.12. The summed E-state index contributed by atoms with van der Waals surface area (Å²) in [6.45, 7) is 0. The lowest BCUT2D eigenvalue weighted by Crippen LogP contribution is -1.87. The second-order valence-corrected chi connectivity index (χ2v) is 5.05. The van der Waals surface area contributed by atoms with Gasteiger partial charge in [-0.2, -0.15) is 0 Å². The van der Waals surface area contributed by atoms with E-state index < -0.39 is 9.84 Å². The van der Waals surface area contributed by atoms with Crippen LogP contribution >= 0.6 is 11.6 Å². The Labute approximate surface area is 82.8 Å². The average molecular weight is 217 g/mol.